The molecule has 3 heterocycles. The summed E-state index contributed by atoms with van der Waals surface area (Å²) in [6.45, 7) is 5.02. The van der Waals surface area contributed by atoms with E-state index in [-0.39, 0.29) is 17.4 Å². The Morgan fingerprint density at radius 2 is 2.24 bits per heavy atom. The van der Waals surface area contributed by atoms with Gasteiger partial charge >= 0.3 is 0 Å². The van der Waals surface area contributed by atoms with Crippen molar-refractivity contribution in [2.24, 2.45) is 0 Å². The van der Waals surface area contributed by atoms with Crippen LogP contribution in [-0.2, 0) is 4.79 Å². The van der Waals surface area contributed by atoms with Gasteiger partial charge in [-0.2, -0.15) is 0 Å². The summed E-state index contributed by atoms with van der Waals surface area (Å²) in [5, 5.41) is 0.619. The molecule has 1 fully saturated rings. The lowest BCUT2D eigenvalue weighted by molar-refractivity contribution is -0.129. The van der Waals surface area contributed by atoms with Crippen molar-refractivity contribution in [2.75, 3.05) is 18.8 Å². The van der Waals surface area contributed by atoms with E-state index in [1.54, 1.807) is 19.2 Å². The van der Waals surface area contributed by atoms with Crippen LogP contribution in [0.5, 0.6) is 0 Å². The van der Waals surface area contributed by atoms with Crippen molar-refractivity contribution in [1.82, 2.24) is 24.8 Å². The molecular formula is C17H21N5O2S. The first-order valence-corrected chi connectivity index (χ1v) is 9.28. The topological polar surface area (TPSA) is 91.8 Å². The minimum Gasteiger partial charge on any atom is -0.341 e. The first kappa shape index (κ1) is 17.6. The molecule has 1 unspecified atom stereocenters. The fraction of sp³-hybridized carbons (Fsp3) is 0.471. The highest BCUT2D eigenvalue weighted by Gasteiger charge is 2.26. The zero-order valence-corrected chi connectivity index (χ0v) is 15.2. The Kier molecular flexibility index (Phi) is 5.47. The number of aromatic amines is 1. The molecule has 1 amide bonds. The van der Waals surface area contributed by atoms with E-state index in [0.717, 1.165) is 30.8 Å². The van der Waals surface area contributed by atoms with Crippen LogP contribution in [0.3, 0.4) is 0 Å². The number of thioether (sulfide) groups is 1. The molecule has 2 aromatic heterocycles. The normalized spacial score (nSPS) is 17.5. The average molecular weight is 359 g/mol. The first-order valence-electron chi connectivity index (χ1n) is 8.29. The van der Waals surface area contributed by atoms with Gasteiger partial charge in [0.25, 0.3) is 5.56 Å². The summed E-state index contributed by atoms with van der Waals surface area (Å²) >= 11 is 1.35. The van der Waals surface area contributed by atoms with E-state index in [0.29, 0.717) is 23.3 Å². The number of carbonyl (C=O) groups excluding carboxylic acids is 1. The zero-order valence-electron chi connectivity index (χ0n) is 14.4. The zero-order chi connectivity index (χ0) is 17.8. The van der Waals surface area contributed by atoms with Crippen LogP contribution in [0, 0.1) is 13.8 Å². The molecule has 0 spiro atoms. The summed E-state index contributed by atoms with van der Waals surface area (Å²) in [7, 11) is 0. The maximum Gasteiger partial charge on any atom is 0.251 e. The molecule has 25 heavy (non-hydrogen) atoms. The van der Waals surface area contributed by atoms with Crippen molar-refractivity contribution >= 4 is 17.7 Å². The fourth-order valence-corrected chi connectivity index (χ4v) is 3.75. The van der Waals surface area contributed by atoms with Gasteiger partial charge in [0.1, 0.15) is 5.82 Å². The lowest BCUT2D eigenvalue weighted by Crippen LogP contribution is -2.40. The van der Waals surface area contributed by atoms with Crippen LogP contribution in [0.2, 0.25) is 0 Å². The Balaban J connectivity index is 1.62. The molecule has 1 aliphatic heterocycles. The number of piperidine rings is 1. The number of hydrogen-bond donors (Lipinski definition) is 1. The molecule has 3 rings (SSSR count). The Hall–Kier alpha value is -2.22. The molecule has 0 bridgehead atoms. The lowest BCUT2D eigenvalue weighted by Gasteiger charge is -2.32. The maximum atomic E-state index is 12.5. The van der Waals surface area contributed by atoms with E-state index in [4.69, 9.17) is 0 Å². The van der Waals surface area contributed by atoms with Gasteiger partial charge in [0.15, 0.2) is 5.16 Å². The first-order chi connectivity index (χ1) is 12.0. The molecule has 132 valence electrons. The van der Waals surface area contributed by atoms with Crippen LogP contribution in [0.4, 0.5) is 0 Å². The molecule has 1 aliphatic rings. The Morgan fingerprint density at radius 3 is 3.00 bits per heavy atom. The second-order valence-electron chi connectivity index (χ2n) is 6.20. The van der Waals surface area contributed by atoms with Crippen molar-refractivity contribution in [1.29, 1.82) is 0 Å². The van der Waals surface area contributed by atoms with Gasteiger partial charge in [-0.1, -0.05) is 11.8 Å². The average Bonchev–Trinajstić information content (AvgIpc) is 2.59. The Bertz CT molecular complexity index is 823. The Labute approximate surface area is 150 Å². The largest absolute Gasteiger partial charge is 0.341 e. The number of H-pyrrole nitrogens is 1. The van der Waals surface area contributed by atoms with Crippen molar-refractivity contribution in [3.63, 3.8) is 0 Å². The molecule has 7 nitrogen and oxygen atoms in total. The minimum atomic E-state index is -0.141. The number of carbonyl (C=O) groups is 1. The number of nitrogens with zero attached hydrogens (tertiary/aromatic N) is 4. The van der Waals surface area contributed by atoms with Crippen LogP contribution < -0.4 is 5.56 Å². The number of hydrogen-bond acceptors (Lipinski definition) is 6. The molecule has 0 radical (unpaired) electrons. The highest BCUT2D eigenvalue weighted by Crippen LogP contribution is 2.25. The number of rotatable bonds is 4. The molecule has 1 saturated heterocycles. The Morgan fingerprint density at radius 1 is 1.40 bits per heavy atom. The predicted octanol–water partition coefficient (Wildman–Crippen LogP) is 1.68. The third-order valence-electron chi connectivity index (χ3n) is 4.17. The summed E-state index contributed by atoms with van der Waals surface area (Å²) in [5.74, 6) is 1.11. The fourth-order valence-electron chi connectivity index (χ4n) is 2.97. The molecule has 8 heteroatoms. The van der Waals surface area contributed by atoms with Crippen LogP contribution in [0.1, 0.15) is 36.0 Å². The van der Waals surface area contributed by atoms with Gasteiger partial charge in [-0.3, -0.25) is 9.59 Å². The van der Waals surface area contributed by atoms with E-state index in [9.17, 15) is 9.59 Å². The molecule has 2 aromatic rings. The van der Waals surface area contributed by atoms with E-state index in [1.165, 1.54) is 11.8 Å². The van der Waals surface area contributed by atoms with Crippen molar-refractivity contribution in [3.8, 4) is 0 Å². The highest BCUT2D eigenvalue weighted by atomic mass is 32.2. The van der Waals surface area contributed by atoms with Gasteiger partial charge in [-0.15, -0.1) is 0 Å². The predicted molar refractivity (Wildman–Crippen MR) is 95.6 cm³/mol. The van der Waals surface area contributed by atoms with Crippen LogP contribution in [0.25, 0.3) is 0 Å². The number of likely N-dealkylation sites (tertiary alicyclic amines) is 1. The van der Waals surface area contributed by atoms with Gasteiger partial charge in [0, 0.05) is 37.0 Å². The summed E-state index contributed by atoms with van der Waals surface area (Å²) in [5.41, 5.74) is 1.52. The highest BCUT2D eigenvalue weighted by molar-refractivity contribution is 7.99. The van der Waals surface area contributed by atoms with E-state index < -0.39 is 0 Å². The van der Waals surface area contributed by atoms with Crippen molar-refractivity contribution < 1.29 is 4.79 Å². The summed E-state index contributed by atoms with van der Waals surface area (Å²) in [6.07, 6.45) is 3.55. The molecule has 0 saturated carbocycles. The van der Waals surface area contributed by atoms with Gasteiger partial charge in [-0.05, 0) is 32.8 Å². The number of nitrogens with one attached hydrogen (secondary N) is 1. The van der Waals surface area contributed by atoms with Crippen LogP contribution in [0.15, 0.2) is 28.3 Å². The molecule has 1 atom stereocenters. The quantitative estimate of drug-likeness (QED) is 0.659. The summed E-state index contributed by atoms with van der Waals surface area (Å²) in [4.78, 5) is 41.6. The SMILES string of the molecule is Cc1ccnc(SCC(=O)N2CCCC(c3cc(=O)[nH]c(C)n3)C2)n1. The van der Waals surface area contributed by atoms with E-state index >= 15 is 0 Å². The van der Waals surface area contributed by atoms with Crippen molar-refractivity contribution in [3.05, 3.63) is 45.9 Å². The summed E-state index contributed by atoms with van der Waals surface area (Å²) in [6, 6.07) is 3.37. The van der Waals surface area contributed by atoms with Gasteiger partial charge in [0.05, 0.1) is 11.4 Å². The van der Waals surface area contributed by atoms with Crippen LogP contribution >= 0.6 is 11.8 Å². The van der Waals surface area contributed by atoms with E-state index in [2.05, 4.69) is 19.9 Å². The molecular weight excluding hydrogens is 338 g/mol. The third-order valence-corrected chi connectivity index (χ3v) is 5.02. The second-order valence-corrected chi connectivity index (χ2v) is 7.15. The number of aryl methyl sites for hydroxylation is 2. The van der Waals surface area contributed by atoms with Crippen molar-refractivity contribution in [2.45, 2.75) is 37.8 Å². The van der Waals surface area contributed by atoms with Crippen LogP contribution in [-0.4, -0.2) is 49.6 Å². The van der Waals surface area contributed by atoms with E-state index in [1.807, 2.05) is 17.9 Å². The molecule has 0 aliphatic carbocycles. The lowest BCUT2D eigenvalue weighted by atomic mass is 9.94. The second kappa shape index (κ2) is 7.77. The molecule has 1 N–H and O–H groups in total. The smallest absolute Gasteiger partial charge is 0.251 e. The maximum absolute atomic E-state index is 12.5. The minimum absolute atomic E-state index is 0.0707. The van der Waals surface area contributed by atoms with Gasteiger partial charge in [0.2, 0.25) is 5.91 Å². The van der Waals surface area contributed by atoms with Gasteiger partial charge in [-0.25, -0.2) is 15.0 Å². The number of amides is 1. The molecule has 0 aromatic carbocycles. The summed E-state index contributed by atoms with van der Waals surface area (Å²) < 4.78 is 0. The van der Waals surface area contributed by atoms with Gasteiger partial charge < -0.3 is 9.88 Å². The number of aromatic nitrogens is 4. The monoisotopic (exact) mass is 359 g/mol. The standard InChI is InChI=1S/C17H21N5O2S/c1-11-5-6-18-17(19-11)25-10-16(24)22-7-3-4-13(9-22)14-8-15(23)21-12(2)20-14/h5-6,8,13H,3-4,7,9-10H2,1-2H3,(H,20,21,23). The third kappa shape index (κ3) is 4.66.